The van der Waals surface area contributed by atoms with E-state index >= 15 is 0 Å². The topological polar surface area (TPSA) is 20.2 Å². The highest BCUT2D eigenvalue weighted by Gasteiger charge is 1.96. The lowest BCUT2D eigenvalue weighted by atomic mass is 10.4. The van der Waals surface area contributed by atoms with E-state index in [2.05, 4.69) is 6.07 Å². The lowest BCUT2D eigenvalue weighted by Gasteiger charge is -2.01. The van der Waals surface area contributed by atoms with Crippen molar-refractivity contribution in [1.29, 1.82) is 0 Å². The van der Waals surface area contributed by atoms with Crippen molar-refractivity contribution in [1.82, 2.24) is 0 Å². The van der Waals surface area contributed by atoms with Crippen molar-refractivity contribution in [2.45, 2.75) is 17.3 Å². The highest BCUT2D eigenvalue weighted by atomic mass is 32.2. The van der Waals surface area contributed by atoms with Gasteiger partial charge in [0.05, 0.1) is 0 Å². The fraction of sp³-hybridized carbons (Fsp3) is 0.250. The first-order valence-electron chi connectivity index (χ1n) is 3.10. The average molecular weight is 153 g/mol. The summed E-state index contributed by atoms with van der Waals surface area (Å²) in [5, 5.41) is 8.96. The molecule has 0 saturated heterocycles. The molecule has 10 heavy (non-hydrogen) atoms. The van der Waals surface area contributed by atoms with Crippen LogP contribution in [0, 0.1) is 6.07 Å². The number of hydrogen-bond donors (Lipinski definition) is 1. The standard InChI is InChI=1S/C8H9OS/c1-7(9)10-8-5-3-2-4-6-8/h3-7,9H,1H3. The summed E-state index contributed by atoms with van der Waals surface area (Å²) in [6.45, 7) is 1.75. The summed E-state index contributed by atoms with van der Waals surface area (Å²) in [5.74, 6) is 0. The van der Waals surface area contributed by atoms with Crippen molar-refractivity contribution in [2.24, 2.45) is 0 Å². The van der Waals surface area contributed by atoms with Crippen LogP contribution in [0.5, 0.6) is 0 Å². The second-order valence-corrected chi connectivity index (χ2v) is 3.34. The Kier molecular flexibility index (Phi) is 2.78. The Morgan fingerprint density at radius 1 is 1.50 bits per heavy atom. The first kappa shape index (κ1) is 7.63. The summed E-state index contributed by atoms with van der Waals surface area (Å²) in [5.41, 5.74) is -0.331. The van der Waals surface area contributed by atoms with Crippen LogP contribution in [0.2, 0.25) is 0 Å². The largest absolute Gasteiger partial charge is 0.382 e. The Morgan fingerprint density at radius 3 is 2.60 bits per heavy atom. The molecule has 0 spiro atoms. The Bertz CT molecular complexity index is 184. The van der Waals surface area contributed by atoms with Gasteiger partial charge in [0.25, 0.3) is 0 Å². The Balaban J connectivity index is 2.59. The predicted molar refractivity (Wildman–Crippen MR) is 42.8 cm³/mol. The molecule has 0 aliphatic heterocycles. The van der Waals surface area contributed by atoms with E-state index in [1.807, 2.05) is 24.3 Å². The zero-order valence-corrected chi connectivity index (χ0v) is 6.56. The van der Waals surface area contributed by atoms with Gasteiger partial charge in [-0.25, -0.2) is 0 Å². The second kappa shape index (κ2) is 3.64. The first-order chi connectivity index (χ1) is 4.79. The van der Waals surface area contributed by atoms with E-state index in [-0.39, 0.29) is 5.44 Å². The van der Waals surface area contributed by atoms with Gasteiger partial charge in [0.2, 0.25) is 0 Å². The summed E-state index contributed by atoms with van der Waals surface area (Å²) in [6, 6.07) is 10.4. The fourth-order valence-electron chi connectivity index (χ4n) is 0.647. The molecule has 0 aliphatic rings. The molecule has 1 atom stereocenters. The van der Waals surface area contributed by atoms with Gasteiger partial charge < -0.3 is 5.11 Å². The number of benzene rings is 1. The molecule has 1 aromatic carbocycles. The number of aliphatic hydroxyl groups excluding tert-OH is 1. The molecular weight excluding hydrogens is 144 g/mol. The molecule has 0 fully saturated rings. The summed E-state index contributed by atoms with van der Waals surface area (Å²) < 4.78 is 0. The van der Waals surface area contributed by atoms with Crippen LogP contribution in [-0.2, 0) is 0 Å². The molecule has 0 aromatic heterocycles. The highest BCUT2D eigenvalue weighted by molar-refractivity contribution is 7.99. The molecule has 1 rings (SSSR count). The lowest BCUT2D eigenvalue weighted by molar-refractivity contribution is 0.284. The minimum Gasteiger partial charge on any atom is -0.382 e. The van der Waals surface area contributed by atoms with Crippen LogP contribution in [0.4, 0.5) is 0 Å². The third-order valence-corrected chi connectivity index (χ3v) is 1.88. The maximum absolute atomic E-state index is 8.96. The third kappa shape index (κ3) is 2.42. The molecule has 0 aliphatic carbocycles. The van der Waals surface area contributed by atoms with Crippen LogP contribution in [0.1, 0.15) is 6.92 Å². The predicted octanol–water partition coefficient (Wildman–Crippen LogP) is 1.92. The minimum atomic E-state index is -0.331. The zero-order chi connectivity index (χ0) is 7.40. The van der Waals surface area contributed by atoms with Gasteiger partial charge in [0.15, 0.2) is 0 Å². The molecule has 1 aromatic rings. The lowest BCUT2D eigenvalue weighted by Crippen LogP contribution is -1.89. The van der Waals surface area contributed by atoms with Crippen molar-refractivity contribution in [2.75, 3.05) is 0 Å². The van der Waals surface area contributed by atoms with Crippen molar-refractivity contribution >= 4 is 11.8 Å². The smallest absolute Gasteiger partial charge is 0.101 e. The molecule has 1 N–H and O–H groups in total. The molecule has 0 bridgehead atoms. The van der Waals surface area contributed by atoms with Gasteiger partial charge in [-0.15, -0.1) is 0 Å². The fourth-order valence-corrected chi connectivity index (χ4v) is 1.33. The quantitative estimate of drug-likeness (QED) is 0.517. The molecule has 1 unspecified atom stereocenters. The van der Waals surface area contributed by atoms with Gasteiger partial charge in [-0.2, -0.15) is 0 Å². The Hall–Kier alpha value is -0.470. The molecule has 2 heteroatoms. The average Bonchev–Trinajstić information content (AvgIpc) is 1.88. The zero-order valence-electron chi connectivity index (χ0n) is 5.74. The second-order valence-electron chi connectivity index (χ2n) is 1.95. The number of aliphatic hydroxyl groups is 1. The van der Waals surface area contributed by atoms with Crippen molar-refractivity contribution in [3.8, 4) is 0 Å². The molecular formula is C8H9OS. The van der Waals surface area contributed by atoms with E-state index in [9.17, 15) is 0 Å². The number of rotatable bonds is 2. The van der Waals surface area contributed by atoms with Crippen molar-refractivity contribution < 1.29 is 5.11 Å². The maximum Gasteiger partial charge on any atom is 0.101 e. The van der Waals surface area contributed by atoms with Crippen LogP contribution in [0.15, 0.2) is 29.2 Å². The van der Waals surface area contributed by atoms with E-state index in [1.165, 1.54) is 11.8 Å². The van der Waals surface area contributed by atoms with Crippen molar-refractivity contribution in [3.63, 3.8) is 0 Å². The van der Waals surface area contributed by atoms with Gasteiger partial charge >= 0.3 is 0 Å². The summed E-state index contributed by atoms with van der Waals surface area (Å²) in [7, 11) is 0. The van der Waals surface area contributed by atoms with Crippen LogP contribution < -0.4 is 0 Å². The maximum atomic E-state index is 8.96. The van der Waals surface area contributed by atoms with E-state index in [1.54, 1.807) is 6.92 Å². The Morgan fingerprint density at radius 2 is 2.10 bits per heavy atom. The molecule has 53 valence electrons. The monoisotopic (exact) mass is 153 g/mol. The van der Waals surface area contributed by atoms with Crippen LogP contribution in [0.3, 0.4) is 0 Å². The summed E-state index contributed by atoms with van der Waals surface area (Å²) >= 11 is 1.43. The normalized spacial score (nSPS) is 13.0. The molecule has 0 saturated carbocycles. The van der Waals surface area contributed by atoms with Crippen LogP contribution in [0.25, 0.3) is 0 Å². The number of hydrogen-bond acceptors (Lipinski definition) is 2. The highest BCUT2D eigenvalue weighted by Crippen LogP contribution is 2.19. The number of thioether (sulfide) groups is 1. The third-order valence-electron chi connectivity index (χ3n) is 0.994. The van der Waals surface area contributed by atoms with E-state index in [4.69, 9.17) is 5.11 Å². The minimum absolute atomic E-state index is 0.331. The van der Waals surface area contributed by atoms with Crippen LogP contribution >= 0.6 is 11.8 Å². The van der Waals surface area contributed by atoms with Gasteiger partial charge in [-0.05, 0) is 25.1 Å². The molecule has 0 heterocycles. The molecule has 1 radical (unpaired) electrons. The first-order valence-corrected chi connectivity index (χ1v) is 3.98. The Labute approximate surface area is 65.1 Å². The SMILES string of the molecule is CC(O)Sc1cc[c]cc1. The molecule has 1 nitrogen and oxygen atoms in total. The van der Waals surface area contributed by atoms with E-state index in [0.717, 1.165) is 4.90 Å². The summed E-state index contributed by atoms with van der Waals surface area (Å²) in [6.07, 6.45) is 0. The van der Waals surface area contributed by atoms with Gasteiger partial charge in [-0.3, -0.25) is 0 Å². The van der Waals surface area contributed by atoms with Crippen LogP contribution in [-0.4, -0.2) is 10.5 Å². The van der Waals surface area contributed by atoms with E-state index < -0.39 is 0 Å². The van der Waals surface area contributed by atoms with Gasteiger partial charge in [0, 0.05) is 4.90 Å². The van der Waals surface area contributed by atoms with E-state index in [0.29, 0.717) is 0 Å². The summed E-state index contributed by atoms with van der Waals surface area (Å²) in [4.78, 5) is 1.08. The molecule has 0 amide bonds. The van der Waals surface area contributed by atoms with Gasteiger partial charge in [-0.1, -0.05) is 23.9 Å². The van der Waals surface area contributed by atoms with Crippen molar-refractivity contribution in [3.05, 3.63) is 30.3 Å². The van der Waals surface area contributed by atoms with Gasteiger partial charge in [0.1, 0.15) is 5.44 Å².